The molecule has 0 radical (unpaired) electrons. The number of ether oxygens (including phenoxy) is 1. The van der Waals surface area contributed by atoms with E-state index in [4.69, 9.17) is 4.74 Å². The summed E-state index contributed by atoms with van der Waals surface area (Å²) in [6, 6.07) is 5.89. The molecule has 0 saturated carbocycles. The maximum Gasteiger partial charge on any atom is 1.00 e. The molecule has 11 heteroatoms. The van der Waals surface area contributed by atoms with Gasteiger partial charge in [0.2, 0.25) is 0 Å². The molecule has 0 bridgehead atoms. The molecule has 0 atom stereocenters. The Morgan fingerprint density at radius 2 is 1.93 bits per heavy atom. The predicted molar refractivity (Wildman–Crippen MR) is 94.5 cm³/mol. The van der Waals surface area contributed by atoms with Crippen LogP contribution in [0.3, 0.4) is 0 Å². The van der Waals surface area contributed by atoms with Crippen LogP contribution in [0.2, 0.25) is 0 Å². The molecule has 0 aliphatic heterocycles. The summed E-state index contributed by atoms with van der Waals surface area (Å²) in [5.41, 5.74) is 1.71. The molecule has 6 nitrogen and oxygen atoms in total. The fourth-order valence-corrected chi connectivity index (χ4v) is 2.93. The van der Waals surface area contributed by atoms with Gasteiger partial charge in [-0.2, -0.15) is 17.0 Å². The second-order valence-electron chi connectivity index (χ2n) is 5.57. The van der Waals surface area contributed by atoms with Crippen molar-refractivity contribution in [2.75, 3.05) is 0 Å². The SMILES string of the molecule is CC(C)c1cc(F)cc(-c2ccncc2)c1Oc1nc(S[O-])nn1SF.[Na+]. The smallest absolute Gasteiger partial charge is 0.793 e. The zero-order valence-corrected chi connectivity index (χ0v) is 18.4. The Morgan fingerprint density at radius 1 is 1.22 bits per heavy atom. The number of hydrogen-bond donors (Lipinski definition) is 0. The van der Waals surface area contributed by atoms with E-state index in [-0.39, 0.29) is 71.0 Å². The molecule has 136 valence electrons. The minimum absolute atomic E-state index is 0. The van der Waals surface area contributed by atoms with Crippen LogP contribution in [0, 0.1) is 5.82 Å². The van der Waals surface area contributed by atoms with Gasteiger partial charge in [0.25, 0.3) is 0 Å². The van der Waals surface area contributed by atoms with E-state index in [0.29, 0.717) is 22.4 Å². The third-order valence-electron chi connectivity index (χ3n) is 3.56. The number of nitrogens with zero attached hydrogens (tertiary/aromatic N) is 4. The summed E-state index contributed by atoms with van der Waals surface area (Å²) >= 11 is -0.226. The van der Waals surface area contributed by atoms with Gasteiger partial charge in [-0.05, 0) is 35.7 Å². The van der Waals surface area contributed by atoms with Gasteiger partial charge in [0.15, 0.2) is 17.5 Å². The maximum absolute atomic E-state index is 14.2. The van der Waals surface area contributed by atoms with E-state index >= 15 is 0 Å². The van der Waals surface area contributed by atoms with Gasteiger partial charge >= 0.3 is 35.6 Å². The van der Waals surface area contributed by atoms with Gasteiger partial charge in [0.1, 0.15) is 11.6 Å². The molecule has 0 N–H and O–H groups in total. The first-order valence-corrected chi connectivity index (χ1v) is 8.92. The van der Waals surface area contributed by atoms with Crippen molar-refractivity contribution in [1.82, 2.24) is 19.2 Å². The first-order valence-electron chi connectivity index (χ1n) is 7.51. The standard InChI is InChI=1S/C16H14F2N4O2S2.Na/c1-9(2)12-7-11(17)8-13(10-3-5-19-6-4-10)14(12)24-16-20-15(25-23)21-22(16)26-18;/h3-9,23H,1-2H3;/q;+1/p-1. The second-order valence-corrected chi connectivity index (χ2v) is 6.58. The van der Waals surface area contributed by atoms with Crippen LogP contribution in [-0.2, 0) is 0 Å². The molecule has 0 aliphatic rings. The molecule has 0 amide bonds. The van der Waals surface area contributed by atoms with Crippen molar-refractivity contribution in [1.29, 1.82) is 0 Å². The molecular formula is C16H13F2N4NaO2S2. The molecular weight excluding hydrogens is 405 g/mol. The summed E-state index contributed by atoms with van der Waals surface area (Å²) in [5, 5.41) is 3.50. The van der Waals surface area contributed by atoms with E-state index in [1.807, 2.05) is 13.8 Å². The molecule has 0 fully saturated rings. The van der Waals surface area contributed by atoms with Crippen molar-refractivity contribution < 1.29 is 47.1 Å². The van der Waals surface area contributed by atoms with Crippen LogP contribution in [0.4, 0.5) is 8.28 Å². The zero-order valence-electron chi connectivity index (χ0n) is 14.7. The van der Waals surface area contributed by atoms with Crippen molar-refractivity contribution in [3.05, 3.63) is 48.0 Å². The second kappa shape index (κ2) is 9.85. The number of aromatic nitrogens is 4. The number of benzene rings is 1. The third kappa shape index (κ3) is 5.01. The van der Waals surface area contributed by atoms with Crippen LogP contribution >= 0.6 is 24.4 Å². The fourth-order valence-electron chi connectivity index (χ4n) is 2.40. The van der Waals surface area contributed by atoms with Crippen molar-refractivity contribution in [2.45, 2.75) is 24.9 Å². The average Bonchev–Trinajstić information content (AvgIpc) is 3.05. The monoisotopic (exact) mass is 418 g/mol. The Morgan fingerprint density at radius 3 is 2.52 bits per heavy atom. The van der Waals surface area contributed by atoms with Gasteiger partial charge in [0, 0.05) is 23.5 Å². The number of rotatable bonds is 6. The van der Waals surface area contributed by atoms with E-state index in [2.05, 4.69) is 15.1 Å². The molecule has 3 rings (SSSR count). The molecule has 0 aliphatic carbocycles. The molecule has 0 saturated heterocycles. The Balaban J connectivity index is 0.00000261. The first kappa shape index (κ1) is 22.1. The van der Waals surface area contributed by atoms with E-state index in [1.165, 1.54) is 12.1 Å². The van der Waals surface area contributed by atoms with Crippen molar-refractivity contribution in [3.63, 3.8) is 0 Å². The third-order valence-corrected chi connectivity index (χ3v) is 4.25. The Hall–Kier alpha value is -1.17. The summed E-state index contributed by atoms with van der Waals surface area (Å²) < 4.78 is 44.8. The van der Waals surface area contributed by atoms with Crippen LogP contribution in [-0.4, -0.2) is 23.7 Å². The van der Waals surface area contributed by atoms with Gasteiger partial charge in [-0.15, -0.1) is 13.1 Å². The minimum atomic E-state index is -0.426. The molecule has 1 aromatic carbocycles. The average molecular weight is 418 g/mol. The summed E-state index contributed by atoms with van der Waals surface area (Å²) in [7, 11) is 0. The van der Waals surface area contributed by atoms with Gasteiger partial charge in [-0.3, -0.25) is 4.98 Å². The summed E-state index contributed by atoms with van der Waals surface area (Å²) in [6.07, 6.45) is 3.15. The van der Waals surface area contributed by atoms with E-state index in [1.54, 1.807) is 24.5 Å². The Kier molecular flexibility index (Phi) is 8.07. The van der Waals surface area contributed by atoms with Crippen molar-refractivity contribution in [2.24, 2.45) is 0 Å². The number of hydrogen-bond acceptors (Lipinski definition) is 7. The molecule has 2 aromatic heterocycles. The zero-order chi connectivity index (χ0) is 18.7. The summed E-state index contributed by atoms with van der Waals surface area (Å²) in [6.45, 7) is 3.76. The first-order chi connectivity index (χ1) is 12.5. The quantitative estimate of drug-likeness (QED) is 0.448. The van der Waals surface area contributed by atoms with Crippen LogP contribution in [0.5, 0.6) is 11.8 Å². The van der Waals surface area contributed by atoms with Crippen LogP contribution < -0.4 is 34.3 Å². The van der Waals surface area contributed by atoms with E-state index in [0.717, 1.165) is 4.09 Å². The molecule has 27 heavy (non-hydrogen) atoms. The summed E-state index contributed by atoms with van der Waals surface area (Å²) in [5.74, 6) is -0.188. The predicted octanol–water partition coefficient (Wildman–Crippen LogP) is 2.00. The summed E-state index contributed by atoms with van der Waals surface area (Å²) in [4.78, 5) is 7.82. The molecule has 2 heterocycles. The van der Waals surface area contributed by atoms with Gasteiger partial charge in [-0.1, -0.05) is 13.8 Å². The molecule has 0 unspecified atom stereocenters. The largest absolute Gasteiger partial charge is 1.00 e. The van der Waals surface area contributed by atoms with Gasteiger partial charge in [-0.25, -0.2) is 4.39 Å². The Bertz CT molecular complexity index is 913. The minimum Gasteiger partial charge on any atom is -0.793 e. The molecule has 3 aromatic rings. The number of halogens is 2. The molecule has 0 spiro atoms. The van der Waals surface area contributed by atoms with Crippen molar-refractivity contribution >= 4 is 24.4 Å². The van der Waals surface area contributed by atoms with Crippen LogP contribution in [0.1, 0.15) is 25.3 Å². The normalized spacial score (nSPS) is 10.7. The van der Waals surface area contributed by atoms with E-state index in [9.17, 15) is 12.8 Å². The van der Waals surface area contributed by atoms with Crippen molar-refractivity contribution in [3.8, 4) is 22.9 Å². The van der Waals surface area contributed by atoms with E-state index < -0.39 is 5.82 Å². The Labute approximate surface area is 185 Å². The fraction of sp³-hybridized carbons (Fsp3) is 0.188. The van der Waals surface area contributed by atoms with Crippen LogP contribution in [0.25, 0.3) is 11.1 Å². The van der Waals surface area contributed by atoms with Gasteiger partial charge in [0.05, 0.1) is 0 Å². The van der Waals surface area contributed by atoms with Crippen LogP contribution in [0.15, 0.2) is 41.8 Å². The van der Waals surface area contributed by atoms with Gasteiger partial charge < -0.3 is 9.29 Å². The maximum atomic E-state index is 14.2. The number of pyridine rings is 1. The topological polar surface area (TPSA) is 75.9 Å².